The Morgan fingerprint density at radius 3 is 2.65 bits per heavy atom. The molecule has 0 radical (unpaired) electrons. The van der Waals surface area contributed by atoms with Crippen LogP contribution in [0.5, 0.6) is 0 Å². The van der Waals surface area contributed by atoms with E-state index in [-0.39, 0.29) is 18.2 Å². The first-order valence-electron chi connectivity index (χ1n) is 6.51. The quantitative estimate of drug-likeness (QED) is 0.861. The van der Waals surface area contributed by atoms with Gasteiger partial charge in [-0.2, -0.15) is 0 Å². The highest BCUT2D eigenvalue weighted by molar-refractivity contribution is 7.89. The van der Waals surface area contributed by atoms with Crippen LogP contribution in [0, 0.1) is 5.92 Å². The number of nitrogens with one attached hydrogen (secondary N) is 1. The van der Waals surface area contributed by atoms with Crippen LogP contribution >= 0.6 is 11.3 Å². The summed E-state index contributed by atoms with van der Waals surface area (Å²) in [5.74, 6) is 0.139. The summed E-state index contributed by atoms with van der Waals surface area (Å²) in [6, 6.07) is 9.75. The fourth-order valence-electron chi connectivity index (χ4n) is 1.97. The third-order valence-corrected chi connectivity index (χ3v) is 5.75. The van der Waals surface area contributed by atoms with Crippen LogP contribution in [0.2, 0.25) is 0 Å². The zero-order chi connectivity index (χ0) is 14.8. The van der Waals surface area contributed by atoms with E-state index in [0.717, 1.165) is 15.0 Å². The first-order chi connectivity index (χ1) is 9.37. The average molecular weight is 313 g/mol. The van der Waals surface area contributed by atoms with E-state index in [0.29, 0.717) is 0 Å². The molecule has 1 atom stereocenters. The Balaban J connectivity index is 2.03. The van der Waals surface area contributed by atoms with Gasteiger partial charge >= 0.3 is 0 Å². The molecule has 110 valence electrons. The van der Waals surface area contributed by atoms with Gasteiger partial charge in [0.2, 0.25) is 10.0 Å². The van der Waals surface area contributed by atoms with Gasteiger partial charge in [-0.3, -0.25) is 0 Å². The zero-order valence-corrected chi connectivity index (χ0v) is 13.2. The molecule has 1 heterocycles. The lowest BCUT2D eigenvalue weighted by atomic mass is 10.2. The van der Waals surface area contributed by atoms with Gasteiger partial charge in [-0.25, -0.2) is 13.1 Å². The van der Waals surface area contributed by atoms with E-state index in [1.54, 1.807) is 0 Å². The summed E-state index contributed by atoms with van der Waals surface area (Å²) in [6.45, 7) is 3.71. The normalized spacial score (nSPS) is 14.0. The molecule has 1 aromatic heterocycles. The van der Waals surface area contributed by atoms with Crippen LogP contribution in [-0.2, 0) is 10.0 Å². The molecule has 0 amide bonds. The summed E-state index contributed by atoms with van der Waals surface area (Å²) < 4.78 is 27.0. The number of sulfonamides is 1. The van der Waals surface area contributed by atoms with Crippen molar-refractivity contribution in [3.05, 3.63) is 35.2 Å². The van der Waals surface area contributed by atoms with Crippen molar-refractivity contribution in [2.24, 2.45) is 5.92 Å². The molecule has 0 fully saturated rings. The summed E-state index contributed by atoms with van der Waals surface area (Å²) in [6.07, 6.45) is -0.811. The van der Waals surface area contributed by atoms with Crippen molar-refractivity contribution in [1.82, 2.24) is 4.72 Å². The van der Waals surface area contributed by atoms with Crippen molar-refractivity contribution in [3.63, 3.8) is 0 Å². The number of hydrogen-bond donors (Lipinski definition) is 2. The molecule has 0 bridgehead atoms. The molecule has 2 aromatic rings. The van der Waals surface area contributed by atoms with E-state index in [9.17, 15) is 13.5 Å². The topological polar surface area (TPSA) is 66.4 Å². The summed E-state index contributed by atoms with van der Waals surface area (Å²) in [5.41, 5.74) is 0. The van der Waals surface area contributed by atoms with Crippen molar-refractivity contribution < 1.29 is 13.5 Å². The maximum Gasteiger partial charge on any atom is 0.211 e. The highest BCUT2D eigenvalue weighted by Gasteiger charge is 2.17. The molecule has 2 rings (SSSR count). The molecule has 0 saturated carbocycles. The molecule has 0 spiro atoms. The number of benzene rings is 1. The van der Waals surface area contributed by atoms with Gasteiger partial charge in [-0.05, 0) is 23.4 Å². The fraction of sp³-hybridized carbons (Fsp3) is 0.429. The summed E-state index contributed by atoms with van der Waals surface area (Å²) in [5, 5.41) is 11.2. The Kier molecular flexibility index (Phi) is 4.80. The van der Waals surface area contributed by atoms with Crippen molar-refractivity contribution in [1.29, 1.82) is 0 Å². The van der Waals surface area contributed by atoms with Crippen LogP contribution in [0.15, 0.2) is 30.3 Å². The van der Waals surface area contributed by atoms with Gasteiger partial charge in [0.25, 0.3) is 0 Å². The minimum absolute atomic E-state index is 0.0157. The van der Waals surface area contributed by atoms with Crippen LogP contribution in [0.4, 0.5) is 0 Å². The predicted octanol–water partition coefficient (Wildman–Crippen LogP) is 2.51. The van der Waals surface area contributed by atoms with Gasteiger partial charge in [0.05, 0.1) is 5.75 Å². The monoisotopic (exact) mass is 313 g/mol. The molecule has 20 heavy (non-hydrogen) atoms. The van der Waals surface area contributed by atoms with E-state index in [1.165, 1.54) is 11.3 Å². The number of fused-ring (bicyclic) bond motifs is 1. The second kappa shape index (κ2) is 6.22. The third-order valence-electron chi connectivity index (χ3n) is 2.82. The average Bonchev–Trinajstić information content (AvgIpc) is 2.78. The molecular formula is C14H19NO3S2. The summed E-state index contributed by atoms with van der Waals surface area (Å²) in [4.78, 5) is 0.776. The largest absolute Gasteiger partial charge is 0.386 e. The Labute approximate surface area is 123 Å². The fourth-order valence-corrected chi connectivity index (χ4v) is 4.43. The van der Waals surface area contributed by atoms with Crippen molar-refractivity contribution in [2.75, 3.05) is 12.3 Å². The molecule has 0 aliphatic carbocycles. The smallest absolute Gasteiger partial charge is 0.211 e. The number of hydrogen-bond acceptors (Lipinski definition) is 4. The second-order valence-corrected chi connectivity index (χ2v) is 8.19. The highest BCUT2D eigenvalue weighted by Crippen LogP contribution is 2.29. The van der Waals surface area contributed by atoms with Crippen molar-refractivity contribution >= 4 is 31.4 Å². The molecule has 0 saturated heterocycles. The van der Waals surface area contributed by atoms with E-state index in [1.807, 2.05) is 44.2 Å². The van der Waals surface area contributed by atoms with Crippen LogP contribution in [0.3, 0.4) is 0 Å². The van der Waals surface area contributed by atoms with Crippen LogP contribution in [-0.4, -0.2) is 25.8 Å². The molecule has 2 N–H and O–H groups in total. The SMILES string of the molecule is CC(C)CS(=O)(=O)NCC(O)c1cc2ccccc2s1. The maximum atomic E-state index is 11.7. The van der Waals surface area contributed by atoms with Crippen LogP contribution in [0.25, 0.3) is 10.1 Å². The van der Waals surface area contributed by atoms with Crippen LogP contribution < -0.4 is 4.72 Å². The first kappa shape index (κ1) is 15.4. The van der Waals surface area contributed by atoms with Crippen molar-refractivity contribution in [3.8, 4) is 0 Å². The van der Waals surface area contributed by atoms with Gasteiger partial charge in [0.1, 0.15) is 6.10 Å². The Bertz CT molecular complexity index is 644. The highest BCUT2D eigenvalue weighted by atomic mass is 32.2. The number of aliphatic hydroxyl groups is 1. The lowest BCUT2D eigenvalue weighted by Gasteiger charge is -2.12. The standard InChI is InChI=1S/C14H19NO3S2/c1-10(2)9-20(17,18)15-8-12(16)14-7-11-5-3-4-6-13(11)19-14/h3-7,10,12,15-16H,8-9H2,1-2H3. The van der Waals surface area contributed by atoms with E-state index in [4.69, 9.17) is 0 Å². The molecule has 6 heteroatoms. The number of aliphatic hydroxyl groups excluding tert-OH is 1. The Morgan fingerprint density at radius 2 is 2.00 bits per heavy atom. The molecule has 1 aromatic carbocycles. The number of rotatable bonds is 6. The third kappa shape index (κ3) is 4.02. The van der Waals surface area contributed by atoms with Gasteiger partial charge in [0, 0.05) is 16.1 Å². The minimum atomic E-state index is -3.32. The van der Waals surface area contributed by atoms with Gasteiger partial charge in [0.15, 0.2) is 0 Å². The Morgan fingerprint density at radius 1 is 1.30 bits per heavy atom. The van der Waals surface area contributed by atoms with E-state index >= 15 is 0 Å². The molecule has 1 unspecified atom stereocenters. The first-order valence-corrected chi connectivity index (χ1v) is 8.98. The van der Waals surface area contributed by atoms with Gasteiger partial charge in [-0.15, -0.1) is 11.3 Å². The lowest BCUT2D eigenvalue weighted by Crippen LogP contribution is -2.31. The Hall–Kier alpha value is -0.950. The molecular weight excluding hydrogens is 294 g/mol. The van der Waals surface area contributed by atoms with E-state index < -0.39 is 16.1 Å². The van der Waals surface area contributed by atoms with Crippen molar-refractivity contribution in [2.45, 2.75) is 20.0 Å². The maximum absolute atomic E-state index is 11.7. The summed E-state index contributed by atoms with van der Waals surface area (Å²) in [7, 11) is -3.32. The number of thiophene rings is 1. The summed E-state index contributed by atoms with van der Waals surface area (Å²) >= 11 is 1.49. The minimum Gasteiger partial charge on any atom is -0.386 e. The molecule has 0 aliphatic rings. The van der Waals surface area contributed by atoms with E-state index in [2.05, 4.69) is 4.72 Å². The zero-order valence-electron chi connectivity index (χ0n) is 11.5. The predicted molar refractivity (Wildman–Crippen MR) is 83.4 cm³/mol. The van der Waals surface area contributed by atoms with Gasteiger partial charge < -0.3 is 5.11 Å². The van der Waals surface area contributed by atoms with Crippen LogP contribution in [0.1, 0.15) is 24.8 Å². The molecule has 0 aliphatic heterocycles. The molecule has 4 nitrogen and oxygen atoms in total. The van der Waals surface area contributed by atoms with Gasteiger partial charge in [-0.1, -0.05) is 32.0 Å². The lowest BCUT2D eigenvalue weighted by molar-refractivity contribution is 0.186. The second-order valence-electron chi connectivity index (χ2n) is 5.23.